The van der Waals surface area contributed by atoms with Crippen molar-refractivity contribution in [1.29, 1.82) is 0 Å². The second kappa shape index (κ2) is 51.4. The lowest BCUT2D eigenvalue weighted by molar-refractivity contribution is -0.159. The van der Waals surface area contributed by atoms with Crippen LogP contribution in [0.3, 0.4) is 0 Å². The van der Waals surface area contributed by atoms with E-state index in [4.69, 9.17) is 76.0 Å². The number of nitrogens with two attached hydrogens (primary N) is 5. The Kier molecular flexibility index (Phi) is 42.8. The maximum atomic E-state index is 12.0. The van der Waals surface area contributed by atoms with Crippen molar-refractivity contribution < 1.29 is 172 Å². The van der Waals surface area contributed by atoms with Gasteiger partial charge in [0, 0.05) is 19.3 Å². The number of amides is 5. The molecule has 10 heterocycles. The van der Waals surface area contributed by atoms with E-state index in [0.29, 0.717) is 6.42 Å². The van der Waals surface area contributed by atoms with E-state index in [-0.39, 0.29) is 92.6 Å². The summed E-state index contributed by atoms with van der Waals surface area (Å²) in [6.07, 6.45) is -0.478. The summed E-state index contributed by atoms with van der Waals surface area (Å²) in [5, 5.41) is 151. The van der Waals surface area contributed by atoms with Crippen LogP contribution in [-0.4, -0.2) is 308 Å². The van der Waals surface area contributed by atoms with Gasteiger partial charge in [-0.2, -0.15) is 0 Å². The van der Waals surface area contributed by atoms with Gasteiger partial charge in [-0.1, -0.05) is 131 Å². The quantitative estimate of drug-likeness (QED) is 0.0134. The van der Waals surface area contributed by atoms with Gasteiger partial charge in [0.1, 0.15) is 156 Å². The Morgan fingerprint density at radius 1 is 0.303 bits per heavy atom. The highest BCUT2D eigenvalue weighted by atomic mass is 16.6. The van der Waals surface area contributed by atoms with E-state index in [1.807, 2.05) is 27.7 Å². The number of aliphatic hydroxyl groups is 10. The summed E-state index contributed by atoms with van der Waals surface area (Å²) in [6, 6.07) is 0. The predicted octanol–water partition coefficient (Wildman–Crippen LogP) is -0.406. The molecule has 0 bridgehead atoms. The Morgan fingerprint density at radius 2 is 0.492 bits per heavy atom. The van der Waals surface area contributed by atoms with Crippen molar-refractivity contribution in [3.05, 3.63) is 60.1 Å². The zero-order valence-corrected chi connectivity index (χ0v) is 75.1. The van der Waals surface area contributed by atoms with Crippen LogP contribution in [-0.2, 0) is 71.3 Å². The number of aliphatic hydroxyl groups excluding tert-OH is 10. The fourth-order valence-corrected chi connectivity index (χ4v) is 13.8. The maximum Gasteiger partial charge on any atom is 0.311 e. The molecule has 0 aliphatic carbocycles. The fraction of sp³-hybridized carbons (Fsp3) is 0.695. The van der Waals surface area contributed by atoms with Gasteiger partial charge in [0.25, 0.3) is 29.5 Å². The lowest BCUT2D eigenvalue weighted by atomic mass is 9.92. The molecule has 5 unspecified atom stereocenters. The van der Waals surface area contributed by atoms with E-state index < -0.39 is 217 Å². The monoisotopic (exact) mass is 1880 g/mol. The standard InChI is InChI=1S/C21H35N3O7.C17H27N3O7.2C15H23N3O7.C14H21N3O7/c1-2-3-4-5-6-7-8-9-10-11-15(25)30-12-14-17(26)18(27)21(31-14)24-13-23-16(19(22)28)20(24)29;1-2-3-4-5-6-7-11(21)26-8-10-13(22)14(23)17(27-10)20-9-19-12(15(18)24)16(20)25;1-15(2,3)4-8(19)24-5-7-10(20)11(21)14(25-7)18-6-17-9(12(16)22)13(18)23;1-2-3-4-5-9(19)24-6-8-11(20)12(21)15(25-8)18-7-17-10(13(16)22)14(18)23;1-14(2,3)13(22)23-4-6-8(18)9(19)12(24-6)17-5-16-7(10(15)20)11(17)21/h13-14,17-18,21,26-27,29H,2-12H2,1H3,(H2,22,28);9-10,13-14,17,22-23,25H,2-8H2,1H3,(H2,18,24);6-7,10-11,14,20-21,23H,4-5H2,1-3H3,(H2,16,22);7-8,11-12,15,20-21,23H,2-6H2,1H3,(H2,16,22);5-6,8-9,12,18-19,21H,4H2,1-3H3,(H2,15,20)/t14-,17?,18-,21-;10-,13?,14-,17-;7-,10?,11-,14-;8-,11?,12-,15-;6-,8?,9-,12-/m11111/s1. The van der Waals surface area contributed by atoms with Crippen molar-refractivity contribution in [3.63, 3.8) is 0 Å². The van der Waals surface area contributed by atoms with Crippen LogP contribution < -0.4 is 28.7 Å². The molecule has 10 rings (SSSR count). The first-order valence-electron chi connectivity index (χ1n) is 43.3. The highest BCUT2D eigenvalue weighted by Crippen LogP contribution is 2.40. The minimum Gasteiger partial charge on any atom is -0.493 e. The molecule has 0 saturated carbocycles. The van der Waals surface area contributed by atoms with Crippen LogP contribution in [0.25, 0.3) is 0 Å². The molecule has 5 fully saturated rings. The maximum absolute atomic E-state index is 12.0. The molecule has 742 valence electrons. The summed E-state index contributed by atoms with van der Waals surface area (Å²) in [7, 11) is 0. The van der Waals surface area contributed by atoms with Crippen molar-refractivity contribution >= 4 is 59.4 Å². The number of ether oxygens (including phenoxy) is 10. The van der Waals surface area contributed by atoms with Crippen molar-refractivity contribution in [1.82, 2.24) is 47.8 Å². The Labute approximate surface area is 758 Å². The molecule has 132 heavy (non-hydrogen) atoms. The summed E-state index contributed by atoms with van der Waals surface area (Å²) in [4.78, 5) is 133. The summed E-state index contributed by atoms with van der Waals surface area (Å²) in [5.74, 6) is -9.79. The number of unbranched alkanes of at least 4 members (excludes halogenated alkanes) is 14. The number of carbonyl (C=O) groups excluding carboxylic acids is 10. The minimum atomic E-state index is -1.43. The normalized spacial score (nSPS) is 25.4. The fourth-order valence-electron chi connectivity index (χ4n) is 13.8. The van der Waals surface area contributed by atoms with E-state index in [1.54, 1.807) is 20.8 Å². The van der Waals surface area contributed by atoms with Crippen LogP contribution in [0.4, 0.5) is 0 Å². The third-order valence-corrected chi connectivity index (χ3v) is 21.3. The number of nitrogens with zero attached hydrogens (tertiary/aromatic N) is 10. The van der Waals surface area contributed by atoms with E-state index in [2.05, 4.69) is 38.8 Å². The third-order valence-electron chi connectivity index (χ3n) is 21.3. The molecule has 25 N–H and O–H groups in total. The largest absolute Gasteiger partial charge is 0.493 e. The molecule has 50 nitrogen and oxygen atoms in total. The van der Waals surface area contributed by atoms with Gasteiger partial charge in [0.05, 0.1) is 11.8 Å². The molecule has 20 atom stereocenters. The first-order chi connectivity index (χ1) is 62.1. The van der Waals surface area contributed by atoms with Crippen LogP contribution in [0.1, 0.15) is 281 Å². The number of carbonyl (C=O) groups is 10. The molecule has 0 radical (unpaired) electrons. The predicted molar refractivity (Wildman–Crippen MR) is 449 cm³/mol. The van der Waals surface area contributed by atoms with Gasteiger partial charge < -0.3 is 153 Å². The van der Waals surface area contributed by atoms with E-state index in [0.717, 1.165) is 119 Å². The second-order valence-corrected chi connectivity index (χ2v) is 34.2. The minimum absolute atomic E-state index is 0.187. The van der Waals surface area contributed by atoms with Crippen LogP contribution >= 0.6 is 0 Å². The summed E-state index contributed by atoms with van der Waals surface area (Å²) >= 11 is 0. The van der Waals surface area contributed by atoms with Crippen LogP contribution in [0.5, 0.6) is 29.4 Å². The lowest BCUT2D eigenvalue weighted by Gasteiger charge is -2.20. The first-order valence-corrected chi connectivity index (χ1v) is 43.3. The van der Waals surface area contributed by atoms with E-state index in [9.17, 15) is 125 Å². The number of imidazole rings is 5. The average Bonchev–Trinajstić information content (AvgIpc) is 1.66. The molecule has 5 aromatic heterocycles. The highest BCUT2D eigenvalue weighted by Gasteiger charge is 2.51. The molecule has 5 aliphatic rings. The molecule has 5 aliphatic heterocycles. The first kappa shape index (κ1) is 110. The van der Waals surface area contributed by atoms with Crippen LogP contribution in [0.15, 0.2) is 31.6 Å². The van der Waals surface area contributed by atoms with Gasteiger partial charge in [-0.25, -0.2) is 24.9 Å². The number of hydrogen-bond acceptors (Lipinski definition) is 40. The van der Waals surface area contributed by atoms with E-state index in [1.165, 1.54) is 38.5 Å². The molecule has 0 spiro atoms. The zero-order valence-electron chi connectivity index (χ0n) is 75.1. The number of aromatic nitrogens is 10. The zero-order chi connectivity index (χ0) is 98.5. The van der Waals surface area contributed by atoms with Gasteiger partial charge in [-0.15, -0.1) is 0 Å². The van der Waals surface area contributed by atoms with Crippen LogP contribution in [0.2, 0.25) is 0 Å². The van der Waals surface area contributed by atoms with E-state index >= 15 is 0 Å². The van der Waals surface area contributed by atoms with Crippen molar-refractivity contribution in [3.8, 4) is 29.4 Å². The number of primary amides is 5. The SMILES string of the molecule is CC(C)(C)C(=O)OC[C@H]1O[C@@H](n2cnc(C(N)=O)c2O)[C@H](O)C1O.CC(C)(C)CC(=O)OC[C@H]1O[C@@H](n2cnc(C(N)=O)c2O)[C@H](O)C1O.CCCCCC(=O)OC[C@H]1O[C@@H](n2cnc(C(N)=O)c2O)[C@H](O)C1O.CCCCCCCC(=O)OC[C@H]1O[C@@H](n2cnc(C(N)=O)c2O)[C@H](O)C1O.CCCCCCCCCCCC(=O)OC[C@H]1O[C@@H](n2cnc(C(N)=O)c2O)[C@H](O)C1O. The molecule has 50 heteroatoms. The summed E-state index contributed by atoms with van der Waals surface area (Å²) in [5.41, 5.74) is 22.5. The third kappa shape index (κ3) is 30.6. The van der Waals surface area contributed by atoms with Gasteiger partial charge in [0.2, 0.25) is 29.4 Å². The van der Waals surface area contributed by atoms with Crippen molar-refractivity contribution in [2.24, 2.45) is 39.5 Å². The van der Waals surface area contributed by atoms with Gasteiger partial charge >= 0.3 is 29.8 Å². The molecular weight excluding hydrogens is 1750 g/mol. The molecular formula is C82H129N15O35. The van der Waals surface area contributed by atoms with Gasteiger partial charge in [0.15, 0.2) is 59.6 Å². The summed E-state index contributed by atoms with van der Waals surface area (Å²) in [6.45, 7) is 15.8. The Hall–Kier alpha value is -10.8. The Bertz CT molecular complexity index is 4560. The molecule has 5 aromatic rings. The smallest absolute Gasteiger partial charge is 0.311 e. The second-order valence-electron chi connectivity index (χ2n) is 34.2. The van der Waals surface area contributed by atoms with Gasteiger partial charge in [-0.3, -0.25) is 70.8 Å². The van der Waals surface area contributed by atoms with Crippen molar-refractivity contribution in [2.45, 2.75) is 320 Å². The Balaban J connectivity index is 0.000000255. The Morgan fingerprint density at radius 3 is 0.689 bits per heavy atom. The number of rotatable bonds is 41. The highest BCUT2D eigenvalue weighted by molar-refractivity contribution is 5.95. The number of hydrogen-bond donors (Lipinski definition) is 20. The molecule has 5 saturated heterocycles. The number of esters is 5. The lowest BCUT2D eigenvalue weighted by Crippen LogP contribution is -2.35. The van der Waals surface area contributed by atoms with Gasteiger partial charge in [-0.05, 0) is 45.4 Å². The number of aromatic hydroxyl groups is 5. The summed E-state index contributed by atoms with van der Waals surface area (Å²) < 4.78 is 57.8. The van der Waals surface area contributed by atoms with Crippen LogP contribution in [0, 0.1) is 10.8 Å². The topological polar surface area (TPSA) is 786 Å². The average molecular weight is 1890 g/mol. The molecule has 0 aromatic carbocycles. The molecule has 5 amide bonds. The van der Waals surface area contributed by atoms with Crippen molar-refractivity contribution in [2.75, 3.05) is 33.0 Å².